The number of nitrogens with zero attached hydrogens (tertiary/aromatic N) is 3. The number of nitrogens with one attached hydrogen (secondary N) is 1. The Morgan fingerprint density at radius 2 is 1.77 bits per heavy atom. The van der Waals surface area contributed by atoms with Gasteiger partial charge in [0, 0.05) is 13.1 Å². The van der Waals surface area contributed by atoms with Gasteiger partial charge in [-0.1, -0.05) is 44.0 Å². The molecule has 0 aliphatic carbocycles. The maximum Gasteiger partial charge on any atom is 0.257 e. The Bertz CT molecular complexity index is 1220. The molecule has 4 rings (SSSR count). The predicted octanol–water partition coefficient (Wildman–Crippen LogP) is 4.47. The van der Waals surface area contributed by atoms with Crippen molar-refractivity contribution in [2.45, 2.75) is 39.2 Å². The average molecular weight is 420 g/mol. The topological polar surface area (TPSA) is 85.8 Å². The van der Waals surface area contributed by atoms with Crippen LogP contribution in [0.2, 0.25) is 0 Å². The molecule has 0 fully saturated rings. The summed E-state index contributed by atoms with van der Waals surface area (Å²) < 4.78 is 15.1. The van der Waals surface area contributed by atoms with E-state index in [1.165, 1.54) is 12.1 Å². The Labute approximate surface area is 180 Å². The Kier molecular flexibility index (Phi) is 6.11. The van der Waals surface area contributed by atoms with E-state index in [0.29, 0.717) is 47.6 Å². The molecule has 0 bridgehead atoms. The van der Waals surface area contributed by atoms with Crippen molar-refractivity contribution in [1.29, 1.82) is 0 Å². The monoisotopic (exact) mass is 419 g/mol. The van der Waals surface area contributed by atoms with E-state index in [0.717, 1.165) is 30.3 Å². The Morgan fingerprint density at radius 3 is 2.48 bits per heavy atom. The minimum absolute atomic E-state index is 0.233. The van der Waals surface area contributed by atoms with Gasteiger partial charge in [0.25, 0.3) is 5.91 Å². The molecule has 0 aliphatic heterocycles. The second kappa shape index (κ2) is 9.12. The van der Waals surface area contributed by atoms with Gasteiger partial charge in [-0.15, -0.1) is 0 Å². The normalized spacial score (nSPS) is 11.3. The standard InChI is InChI=1S/C24H26FN5O/c1-2-3-6-14-27-24(31)20-21-23(29-19-8-5-4-7-18(19)28-21)30(22(20)26)15-13-16-9-11-17(25)12-10-16/h4-5,7-12H,2-3,6,13-15,26H2,1H3,(H,27,31). The maximum atomic E-state index is 13.2. The van der Waals surface area contributed by atoms with Crippen LogP contribution in [0, 0.1) is 5.82 Å². The van der Waals surface area contributed by atoms with Crippen molar-refractivity contribution in [2.24, 2.45) is 0 Å². The number of nitrogens with two attached hydrogens (primary N) is 1. The van der Waals surface area contributed by atoms with Crippen LogP contribution in [-0.4, -0.2) is 27.0 Å². The zero-order valence-corrected chi connectivity index (χ0v) is 17.6. The van der Waals surface area contributed by atoms with Gasteiger partial charge in [-0.3, -0.25) is 4.79 Å². The zero-order chi connectivity index (χ0) is 21.8. The van der Waals surface area contributed by atoms with Crippen LogP contribution in [0.5, 0.6) is 0 Å². The van der Waals surface area contributed by atoms with Gasteiger partial charge in [-0.2, -0.15) is 0 Å². The molecule has 4 aromatic rings. The Morgan fingerprint density at radius 1 is 1.06 bits per heavy atom. The SMILES string of the molecule is CCCCCNC(=O)c1c(N)n(CCc2ccc(F)cc2)c2nc3ccccc3nc12. The third-order valence-electron chi connectivity index (χ3n) is 5.42. The summed E-state index contributed by atoms with van der Waals surface area (Å²) in [5, 5.41) is 2.97. The molecule has 0 saturated carbocycles. The van der Waals surface area contributed by atoms with Crippen LogP contribution < -0.4 is 11.1 Å². The number of anilines is 1. The number of halogens is 1. The maximum absolute atomic E-state index is 13.2. The lowest BCUT2D eigenvalue weighted by atomic mass is 10.1. The highest BCUT2D eigenvalue weighted by molar-refractivity contribution is 6.10. The molecule has 2 heterocycles. The van der Waals surface area contributed by atoms with Gasteiger partial charge in [0.2, 0.25) is 0 Å². The first kappa shape index (κ1) is 20.8. The molecule has 0 saturated heterocycles. The van der Waals surface area contributed by atoms with Gasteiger partial charge in [0.15, 0.2) is 5.65 Å². The van der Waals surface area contributed by atoms with E-state index in [1.807, 2.05) is 28.8 Å². The Balaban J connectivity index is 1.73. The molecule has 0 aliphatic rings. The van der Waals surface area contributed by atoms with Gasteiger partial charge in [0.1, 0.15) is 22.7 Å². The molecule has 0 atom stereocenters. The molecule has 2 aromatic heterocycles. The highest BCUT2D eigenvalue weighted by atomic mass is 19.1. The van der Waals surface area contributed by atoms with Crippen molar-refractivity contribution >= 4 is 33.9 Å². The summed E-state index contributed by atoms with van der Waals surface area (Å²) in [7, 11) is 0. The molecule has 3 N–H and O–H groups in total. The van der Waals surface area contributed by atoms with Crippen molar-refractivity contribution in [3.05, 3.63) is 65.5 Å². The largest absolute Gasteiger partial charge is 0.384 e. The second-order valence-electron chi connectivity index (χ2n) is 7.64. The number of aryl methyl sites for hydroxylation is 2. The highest BCUT2D eigenvalue weighted by Gasteiger charge is 2.23. The average Bonchev–Trinajstić information content (AvgIpc) is 3.05. The van der Waals surface area contributed by atoms with E-state index in [-0.39, 0.29) is 11.7 Å². The molecule has 7 heteroatoms. The third kappa shape index (κ3) is 4.35. The van der Waals surface area contributed by atoms with Crippen LogP contribution in [0.15, 0.2) is 48.5 Å². The first-order valence-corrected chi connectivity index (χ1v) is 10.7. The predicted molar refractivity (Wildman–Crippen MR) is 121 cm³/mol. The van der Waals surface area contributed by atoms with Gasteiger partial charge in [-0.25, -0.2) is 14.4 Å². The molecule has 6 nitrogen and oxygen atoms in total. The lowest BCUT2D eigenvalue weighted by Gasteiger charge is -2.08. The molecular formula is C24H26FN5O. The summed E-state index contributed by atoms with van der Waals surface area (Å²) in [4.78, 5) is 22.5. The highest BCUT2D eigenvalue weighted by Crippen LogP contribution is 2.28. The van der Waals surface area contributed by atoms with Crippen molar-refractivity contribution in [3.63, 3.8) is 0 Å². The summed E-state index contributed by atoms with van der Waals surface area (Å²) in [5.41, 5.74) is 10.3. The molecule has 160 valence electrons. The summed E-state index contributed by atoms with van der Waals surface area (Å²) in [6.45, 7) is 3.22. The summed E-state index contributed by atoms with van der Waals surface area (Å²) >= 11 is 0. The first-order valence-electron chi connectivity index (χ1n) is 10.7. The van der Waals surface area contributed by atoms with Crippen LogP contribution in [0.3, 0.4) is 0 Å². The van der Waals surface area contributed by atoms with E-state index in [2.05, 4.69) is 12.2 Å². The van der Waals surface area contributed by atoms with Crippen LogP contribution in [0.4, 0.5) is 10.2 Å². The molecule has 31 heavy (non-hydrogen) atoms. The van der Waals surface area contributed by atoms with E-state index in [4.69, 9.17) is 15.7 Å². The molecule has 2 aromatic carbocycles. The van der Waals surface area contributed by atoms with Crippen LogP contribution >= 0.6 is 0 Å². The fourth-order valence-electron chi connectivity index (χ4n) is 3.72. The third-order valence-corrected chi connectivity index (χ3v) is 5.42. The number of amides is 1. The van der Waals surface area contributed by atoms with E-state index < -0.39 is 0 Å². The van der Waals surface area contributed by atoms with E-state index >= 15 is 0 Å². The van der Waals surface area contributed by atoms with E-state index in [9.17, 15) is 9.18 Å². The summed E-state index contributed by atoms with van der Waals surface area (Å²) in [5.74, 6) is -0.154. The molecule has 0 unspecified atom stereocenters. The van der Waals surface area contributed by atoms with Crippen molar-refractivity contribution in [2.75, 3.05) is 12.3 Å². The fourth-order valence-corrected chi connectivity index (χ4v) is 3.72. The van der Waals surface area contributed by atoms with Crippen LogP contribution in [0.25, 0.3) is 22.2 Å². The number of rotatable bonds is 8. The van der Waals surface area contributed by atoms with Crippen molar-refractivity contribution < 1.29 is 9.18 Å². The number of aromatic nitrogens is 3. The first-order chi connectivity index (χ1) is 15.1. The lowest BCUT2D eigenvalue weighted by molar-refractivity contribution is 0.0955. The molecule has 0 radical (unpaired) electrons. The van der Waals surface area contributed by atoms with Crippen LogP contribution in [0.1, 0.15) is 42.1 Å². The zero-order valence-electron chi connectivity index (χ0n) is 17.6. The quantitative estimate of drug-likeness (QED) is 0.413. The number of hydrogen-bond acceptors (Lipinski definition) is 4. The Hall–Kier alpha value is -3.48. The molecule has 0 spiro atoms. The number of fused-ring (bicyclic) bond motifs is 2. The summed E-state index contributed by atoms with van der Waals surface area (Å²) in [6.07, 6.45) is 3.68. The summed E-state index contributed by atoms with van der Waals surface area (Å²) in [6, 6.07) is 13.9. The smallest absolute Gasteiger partial charge is 0.257 e. The lowest BCUT2D eigenvalue weighted by Crippen LogP contribution is -2.25. The number of carbonyl (C=O) groups excluding carboxylic acids is 1. The molecular weight excluding hydrogens is 393 g/mol. The van der Waals surface area contributed by atoms with Gasteiger partial charge < -0.3 is 15.6 Å². The number of benzene rings is 2. The molecule has 1 amide bonds. The van der Waals surface area contributed by atoms with Crippen LogP contribution in [-0.2, 0) is 13.0 Å². The fraction of sp³-hybridized carbons (Fsp3) is 0.292. The van der Waals surface area contributed by atoms with Gasteiger partial charge >= 0.3 is 0 Å². The number of hydrogen-bond donors (Lipinski definition) is 2. The van der Waals surface area contributed by atoms with E-state index in [1.54, 1.807) is 12.1 Å². The number of unbranched alkanes of at least 4 members (excludes halogenated alkanes) is 2. The van der Waals surface area contributed by atoms with Gasteiger partial charge in [0.05, 0.1) is 11.0 Å². The number of carbonyl (C=O) groups is 1. The minimum Gasteiger partial charge on any atom is -0.384 e. The second-order valence-corrected chi connectivity index (χ2v) is 7.64. The van der Waals surface area contributed by atoms with Crippen molar-refractivity contribution in [3.8, 4) is 0 Å². The van der Waals surface area contributed by atoms with Gasteiger partial charge in [-0.05, 0) is 42.7 Å². The number of nitrogen functional groups attached to an aromatic ring is 1. The minimum atomic E-state index is -0.269. The number of para-hydroxylation sites is 2. The van der Waals surface area contributed by atoms with Crippen molar-refractivity contribution in [1.82, 2.24) is 19.9 Å².